The van der Waals surface area contributed by atoms with E-state index in [0.29, 0.717) is 12.3 Å². The van der Waals surface area contributed by atoms with Gasteiger partial charge in [-0.25, -0.2) is 4.79 Å². The average molecular weight is 325 g/mol. The Hall–Kier alpha value is -3.08. The number of hydrogen-bond donors (Lipinski definition) is 1. The number of rotatable bonds is 7. The predicted octanol–water partition coefficient (Wildman–Crippen LogP) is 2.57. The van der Waals surface area contributed by atoms with E-state index in [0.717, 1.165) is 11.1 Å². The minimum absolute atomic E-state index is 0.318. The first-order valence-corrected chi connectivity index (χ1v) is 7.47. The molecule has 124 valence electrons. The Morgan fingerprint density at radius 3 is 2.50 bits per heavy atom. The van der Waals surface area contributed by atoms with Crippen LogP contribution in [0.4, 0.5) is 0 Å². The molecule has 0 fully saturated rings. The highest BCUT2D eigenvalue weighted by molar-refractivity contribution is 5.89. The van der Waals surface area contributed by atoms with Gasteiger partial charge in [0.05, 0.1) is 7.11 Å². The summed E-state index contributed by atoms with van der Waals surface area (Å²) in [5.41, 5.74) is 1.73. The molecular weight excluding hydrogens is 306 g/mol. The van der Waals surface area contributed by atoms with Crippen LogP contribution in [0.3, 0.4) is 0 Å². The van der Waals surface area contributed by atoms with E-state index in [2.05, 4.69) is 5.32 Å². The number of ether oxygens (including phenoxy) is 2. The third-order valence-electron chi connectivity index (χ3n) is 3.22. The van der Waals surface area contributed by atoms with Crippen LogP contribution in [0.25, 0.3) is 6.08 Å². The Morgan fingerprint density at radius 1 is 1.04 bits per heavy atom. The number of para-hydroxylation sites is 1. The third-order valence-corrected chi connectivity index (χ3v) is 3.22. The second kappa shape index (κ2) is 9.15. The Balaban J connectivity index is 1.76. The number of hydrogen-bond acceptors (Lipinski definition) is 4. The molecule has 0 bridgehead atoms. The Morgan fingerprint density at radius 2 is 1.75 bits per heavy atom. The van der Waals surface area contributed by atoms with Gasteiger partial charge in [-0.05, 0) is 17.7 Å². The maximum absolute atomic E-state index is 11.7. The highest BCUT2D eigenvalue weighted by Crippen LogP contribution is 2.18. The van der Waals surface area contributed by atoms with Crippen LogP contribution in [-0.2, 0) is 20.9 Å². The number of methoxy groups -OCH3 is 1. The van der Waals surface area contributed by atoms with Gasteiger partial charge in [0.25, 0.3) is 5.91 Å². The molecule has 0 unspecified atom stereocenters. The van der Waals surface area contributed by atoms with Crippen molar-refractivity contribution in [1.82, 2.24) is 5.32 Å². The number of benzene rings is 2. The van der Waals surface area contributed by atoms with Gasteiger partial charge in [-0.1, -0.05) is 48.5 Å². The van der Waals surface area contributed by atoms with E-state index in [1.54, 1.807) is 19.3 Å². The van der Waals surface area contributed by atoms with Crippen molar-refractivity contribution in [2.75, 3.05) is 13.7 Å². The zero-order valence-electron chi connectivity index (χ0n) is 13.4. The molecular formula is C19H19NO4. The number of esters is 1. The summed E-state index contributed by atoms with van der Waals surface area (Å²) >= 11 is 0. The second-order valence-corrected chi connectivity index (χ2v) is 4.95. The lowest BCUT2D eigenvalue weighted by Crippen LogP contribution is -2.28. The van der Waals surface area contributed by atoms with Crippen LogP contribution in [-0.4, -0.2) is 25.6 Å². The SMILES string of the molecule is COc1ccccc1C=CC(=O)OCC(=O)NCc1ccccc1. The van der Waals surface area contributed by atoms with Crippen molar-refractivity contribution >= 4 is 18.0 Å². The van der Waals surface area contributed by atoms with Crippen molar-refractivity contribution in [3.8, 4) is 5.75 Å². The van der Waals surface area contributed by atoms with Crippen LogP contribution in [0, 0.1) is 0 Å². The summed E-state index contributed by atoms with van der Waals surface area (Å²) in [6.07, 6.45) is 2.85. The predicted molar refractivity (Wildman–Crippen MR) is 91.3 cm³/mol. The molecule has 0 aliphatic rings. The normalized spacial score (nSPS) is 10.4. The molecule has 0 saturated carbocycles. The Bertz CT molecular complexity index is 710. The molecule has 0 atom stereocenters. The van der Waals surface area contributed by atoms with Crippen LogP contribution >= 0.6 is 0 Å². The van der Waals surface area contributed by atoms with Gasteiger partial charge < -0.3 is 14.8 Å². The van der Waals surface area contributed by atoms with Crippen molar-refractivity contribution in [2.45, 2.75) is 6.54 Å². The van der Waals surface area contributed by atoms with Crippen molar-refractivity contribution in [1.29, 1.82) is 0 Å². The van der Waals surface area contributed by atoms with Gasteiger partial charge in [-0.15, -0.1) is 0 Å². The fourth-order valence-corrected chi connectivity index (χ4v) is 1.99. The molecule has 0 aliphatic carbocycles. The second-order valence-electron chi connectivity index (χ2n) is 4.95. The van der Waals surface area contributed by atoms with Crippen LogP contribution in [0.15, 0.2) is 60.7 Å². The number of amides is 1. The summed E-state index contributed by atoms with van der Waals surface area (Å²) in [7, 11) is 1.56. The summed E-state index contributed by atoms with van der Waals surface area (Å²) in [4.78, 5) is 23.3. The highest BCUT2D eigenvalue weighted by atomic mass is 16.5. The fourth-order valence-electron chi connectivity index (χ4n) is 1.99. The topological polar surface area (TPSA) is 64.6 Å². The van der Waals surface area contributed by atoms with E-state index in [9.17, 15) is 9.59 Å². The molecule has 5 nitrogen and oxygen atoms in total. The lowest BCUT2D eigenvalue weighted by molar-refractivity contribution is -0.143. The number of nitrogens with one attached hydrogen (secondary N) is 1. The van der Waals surface area contributed by atoms with E-state index in [1.807, 2.05) is 48.5 Å². The molecule has 1 N–H and O–H groups in total. The summed E-state index contributed by atoms with van der Waals surface area (Å²) in [5, 5.41) is 2.69. The van der Waals surface area contributed by atoms with Crippen molar-refractivity contribution in [3.63, 3.8) is 0 Å². The molecule has 2 rings (SSSR count). The zero-order chi connectivity index (χ0) is 17.2. The van der Waals surface area contributed by atoms with E-state index in [4.69, 9.17) is 9.47 Å². The quantitative estimate of drug-likeness (QED) is 0.628. The van der Waals surface area contributed by atoms with Gasteiger partial charge in [0.1, 0.15) is 5.75 Å². The largest absolute Gasteiger partial charge is 0.496 e. The van der Waals surface area contributed by atoms with E-state index in [-0.39, 0.29) is 12.5 Å². The molecule has 0 spiro atoms. The first-order valence-electron chi connectivity index (χ1n) is 7.47. The maximum Gasteiger partial charge on any atom is 0.331 e. The van der Waals surface area contributed by atoms with E-state index < -0.39 is 5.97 Å². The first kappa shape index (κ1) is 17.3. The lowest BCUT2D eigenvalue weighted by atomic mass is 10.2. The van der Waals surface area contributed by atoms with E-state index >= 15 is 0 Å². The van der Waals surface area contributed by atoms with Gasteiger partial charge in [-0.3, -0.25) is 4.79 Å². The number of carbonyl (C=O) groups excluding carboxylic acids is 2. The standard InChI is InChI=1S/C19H19NO4/c1-23-17-10-6-5-9-16(17)11-12-19(22)24-14-18(21)20-13-15-7-3-2-4-8-15/h2-12H,13-14H2,1H3,(H,20,21). The molecule has 2 aromatic rings. The molecule has 0 heterocycles. The smallest absolute Gasteiger partial charge is 0.331 e. The highest BCUT2D eigenvalue weighted by Gasteiger charge is 2.05. The van der Waals surface area contributed by atoms with Crippen molar-refractivity contribution < 1.29 is 19.1 Å². The van der Waals surface area contributed by atoms with Gasteiger partial charge in [-0.2, -0.15) is 0 Å². The molecule has 24 heavy (non-hydrogen) atoms. The average Bonchev–Trinajstić information content (AvgIpc) is 2.64. The van der Waals surface area contributed by atoms with Crippen molar-refractivity contribution in [2.24, 2.45) is 0 Å². The van der Waals surface area contributed by atoms with Crippen LogP contribution in [0.2, 0.25) is 0 Å². The third kappa shape index (κ3) is 5.61. The van der Waals surface area contributed by atoms with Gasteiger partial charge >= 0.3 is 5.97 Å². The van der Waals surface area contributed by atoms with Crippen LogP contribution in [0.1, 0.15) is 11.1 Å². The molecule has 0 saturated heterocycles. The van der Waals surface area contributed by atoms with Gasteiger partial charge in [0.2, 0.25) is 0 Å². The van der Waals surface area contributed by atoms with E-state index in [1.165, 1.54) is 6.08 Å². The van der Waals surface area contributed by atoms with Crippen LogP contribution < -0.4 is 10.1 Å². The molecule has 2 aromatic carbocycles. The molecule has 0 aromatic heterocycles. The molecule has 0 aliphatic heterocycles. The molecule has 5 heteroatoms. The van der Waals surface area contributed by atoms with Gasteiger partial charge in [0, 0.05) is 18.2 Å². The van der Waals surface area contributed by atoms with Crippen molar-refractivity contribution in [3.05, 3.63) is 71.8 Å². The minimum Gasteiger partial charge on any atom is -0.496 e. The summed E-state index contributed by atoms with van der Waals surface area (Å²) in [5.74, 6) is -0.282. The lowest BCUT2D eigenvalue weighted by Gasteiger charge is -2.06. The number of carbonyl (C=O) groups is 2. The molecule has 0 radical (unpaired) electrons. The summed E-state index contributed by atoms with van der Waals surface area (Å²) < 4.78 is 10.1. The zero-order valence-corrected chi connectivity index (χ0v) is 13.4. The fraction of sp³-hybridized carbons (Fsp3) is 0.158. The minimum atomic E-state index is -0.587. The van der Waals surface area contributed by atoms with Gasteiger partial charge in [0.15, 0.2) is 6.61 Å². The maximum atomic E-state index is 11.7. The molecule has 1 amide bonds. The monoisotopic (exact) mass is 325 g/mol. The van der Waals surface area contributed by atoms with Crippen LogP contribution in [0.5, 0.6) is 5.75 Å². The first-order chi connectivity index (χ1) is 11.7. The summed E-state index contributed by atoms with van der Waals surface area (Å²) in [6, 6.07) is 16.8. The Kier molecular flexibility index (Phi) is 6.58. The summed E-state index contributed by atoms with van der Waals surface area (Å²) in [6.45, 7) is 0.0796. The Labute approximate surface area is 140 Å².